The van der Waals surface area contributed by atoms with E-state index in [1.807, 2.05) is 31.2 Å². The largest absolute Gasteiger partial charge is 0.497 e. The number of carbonyl (C=O) groups is 1. The Morgan fingerprint density at radius 3 is 2.72 bits per heavy atom. The second-order valence-electron chi connectivity index (χ2n) is 5.90. The highest BCUT2D eigenvalue weighted by Gasteiger charge is 2.16. The number of benzene rings is 2. The van der Waals surface area contributed by atoms with E-state index in [1.165, 1.54) is 6.07 Å². The van der Waals surface area contributed by atoms with Crippen LogP contribution in [0.2, 0.25) is 0 Å². The summed E-state index contributed by atoms with van der Waals surface area (Å²) in [5.74, 6) is 0.110. The summed E-state index contributed by atoms with van der Waals surface area (Å²) in [5, 5.41) is 11.1. The monoisotopic (exact) mass is 333 g/mol. The van der Waals surface area contributed by atoms with Gasteiger partial charge in [0.15, 0.2) is 5.76 Å². The Balaban J connectivity index is 1.95. The number of ether oxygens (including phenoxy) is 1. The van der Waals surface area contributed by atoms with Crippen LogP contribution in [-0.4, -0.2) is 23.2 Å². The number of pyridine rings is 1. The number of carboxylic acid groups (broad SMARTS) is 1. The second kappa shape index (κ2) is 5.63. The molecule has 2 aromatic heterocycles. The molecule has 0 spiro atoms. The second-order valence-corrected chi connectivity index (χ2v) is 5.90. The molecule has 0 saturated heterocycles. The van der Waals surface area contributed by atoms with Gasteiger partial charge in [0.1, 0.15) is 17.0 Å². The van der Waals surface area contributed by atoms with Gasteiger partial charge in [-0.2, -0.15) is 0 Å². The number of aromatic carboxylic acids is 1. The number of hydrogen-bond donors (Lipinski definition) is 1. The van der Waals surface area contributed by atoms with Crippen molar-refractivity contribution < 1.29 is 19.1 Å². The Morgan fingerprint density at radius 1 is 1.12 bits per heavy atom. The van der Waals surface area contributed by atoms with Crippen molar-refractivity contribution in [1.29, 1.82) is 0 Å². The number of methoxy groups -OCH3 is 1. The van der Waals surface area contributed by atoms with Gasteiger partial charge in [0.2, 0.25) is 0 Å². The Labute approximate surface area is 143 Å². The van der Waals surface area contributed by atoms with Gasteiger partial charge in [-0.25, -0.2) is 9.78 Å². The molecule has 0 bridgehead atoms. The van der Waals surface area contributed by atoms with Crippen LogP contribution >= 0.6 is 0 Å². The third-order valence-electron chi connectivity index (χ3n) is 4.17. The third-order valence-corrected chi connectivity index (χ3v) is 4.17. The predicted octanol–water partition coefficient (Wildman–Crippen LogP) is 4.66. The standard InChI is InChI=1S/C20H15NO4/c1-11-3-6-18-12(7-11)8-19(25-18)17-10-15(20(22)23)14-9-13(24-2)4-5-16(14)21-17/h3-10H,1-2H3,(H,22,23). The average molecular weight is 333 g/mol. The van der Waals surface area contributed by atoms with Crippen LogP contribution in [0.1, 0.15) is 15.9 Å². The summed E-state index contributed by atoms with van der Waals surface area (Å²) in [4.78, 5) is 16.3. The van der Waals surface area contributed by atoms with Gasteiger partial charge in [-0.15, -0.1) is 0 Å². The first kappa shape index (κ1) is 15.2. The van der Waals surface area contributed by atoms with E-state index in [9.17, 15) is 9.90 Å². The van der Waals surface area contributed by atoms with Gasteiger partial charge < -0.3 is 14.3 Å². The zero-order valence-electron chi connectivity index (χ0n) is 13.7. The maximum atomic E-state index is 11.7. The Kier molecular flexibility index (Phi) is 3.42. The van der Waals surface area contributed by atoms with Gasteiger partial charge in [-0.05, 0) is 49.4 Å². The number of nitrogens with zero attached hydrogens (tertiary/aromatic N) is 1. The fraction of sp³-hybridized carbons (Fsp3) is 0.100. The molecule has 0 amide bonds. The first-order chi connectivity index (χ1) is 12.0. The molecule has 0 unspecified atom stereocenters. The molecule has 0 aliphatic heterocycles. The molecule has 0 aliphatic carbocycles. The van der Waals surface area contributed by atoms with E-state index in [4.69, 9.17) is 9.15 Å². The van der Waals surface area contributed by atoms with Crippen LogP contribution in [0.15, 0.2) is 52.9 Å². The normalized spacial score (nSPS) is 11.1. The van der Waals surface area contributed by atoms with Gasteiger partial charge in [0.25, 0.3) is 0 Å². The fourth-order valence-corrected chi connectivity index (χ4v) is 2.92. The Morgan fingerprint density at radius 2 is 1.96 bits per heavy atom. The molecule has 2 aromatic carbocycles. The highest BCUT2D eigenvalue weighted by molar-refractivity contribution is 6.04. The van der Waals surface area contributed by atoms with Gasteiger partial charge in [0, 0.05) is 10.8 Å². The minimum absolute atomic E-state index is 0.163. The van der Waals surface area contributed by atoms with Crippen LogP contribution in [0.4, 0.5) is 0 Å². The topological polar surface area (TPSA) is 72.6 Å². The van der Waals surface area contributed by atoms with Crippen LogP contribution in [0.25, 0.3) is 33.3 Å². The lowest BCUT2D eigenvalue weighted by atomic mass is 10.1. The minimum Gasteiger partial charge on any atom is -0.497 e. The molecule has 0 atom stereocenters. The van der Waals surface area contributed by atoms with E-state index in [1.54, 1.807) is 25.3 Å². The van der Waals surface area contributed by atoms with E-state index < -0.39 is 5.97 Å². The number of rotatable bonds is 3. The molecule has 4 aromatic rings. The highest BCUT2D eigenvalue weighted by Crippen LogP contribution is 2.31. The van der Waals surface area contributed by atoms with Crippen molar-refractivity contribution in [1.82, 2.24) is 4.98 Å². The summed E-state index contributed by atoms with van der Waals surface area (Å²) in [6.45, 7) is 2.01. The summed E-state index contributed by atoms with van der Waals surface area (Å²) < 4.78 is 11.0. The smallest absolute Gasteiger partial charge is 0.336 e. The molecule has 4 rings (SSSR count). The zero-order chi connectivity index (χ0) is 17.6. The van der Waals surface area contributed by atoms with Crippen molar-refractivity contribution in [3.8, 4) is 17.2 Å². The van der Waals surface area contributed by atoms with Gasteiger partial charge in [-0.3, -0.25) is 0 Å². The first-order valence-electron chi connectivity index (χ1n) is 7.78. The molecule has 2 heterocycles. The maximum absolute atomic E-state index is 11.7. The number of furan rings is 1. The molecule has 124 valence electrons. The third kappa shape index (κ3) is 2.59. The fourth-order valence-electron chi connectivity index (χ4n) is 2.92. The Bertz CT molecular complexity index is 1130. The molecule has 0 radical (unpaired) electrons. The summed E-state index contributed by atoms with van der Waals surface area (Å²) in [6.07, 6.45) is 0. The molecule has 1 N–H and O–H groups in total. The average Bonchev–Trinajstić information content (AvgIpc) is 3.03. The summed E-state index contributed by atoms with van der Waals surface area (Å²) in [6, 6.07) is 14.5. The van der Waals surface area contributed by atoms with Gasteiger partial charge in [-0.1, -0.05) is 11.6 Å². The van der Waals surface area contributed by atoms with Crippen molar-refractivity contribution in [2.75, 3.05) is 7.11 Å². The van der Waals surface area contributed by atoms with E-state index in [-0.39, 0.29) is 5.56 Å². The lowest BCUT2D eigenvalue weighted by molar-refractivity contribution is 0.0699. The van der Waals surface area contributed by atoms with Crippen LogP contribution in [0, 0.1) is 6.92 Å². The zero-order valence-corrected chi connectivity index (χ0v) is 13.7. The maximum Gasteiger partial charge on any atom is 0.336 e. The Hall–Kier alpha value is -3.34. The molecule has 0 fully saturated rings. The van der Waals surface area contributed by atoms with Crippen molar-refractivity contribution in [2.24, 2.45) is 0 Å². The van der Waals surface area contributed by atoms with Crippen molar-refractivity contribution in [2.45, 2.75) is 6.92 Å². The van der Waals surface area contributed by atoms with Crippen molar-refractivity contribution in [3.05, 3.63) is 59.7 Å². The number of aryl methyl sites for hydroxylation is 1. The van der Waals surface area contributed by atoms with Gasteiger partial charge in [0.05, 0.1) is 18.2 Å². The lowest BCUT2D eigenvalue weighted by Crippen LogP contribution is -2.00. The van der Waals surface area contributed by atoms with E-state index in [0.29, 0.717) is 28.1 Å². The molecular formula is C20H15NO4. The van der Waals surface area contributed by atoms with Crippen molar-refractivity contribution >= 4 is 27.8 Å². The summed E-state index contributed by atoms with van der Waals surface area (Å²) in [5.41, 5.74) is 3.10. The SMILES string of the molecule is COc1ccc2nc(-c3cc4cc(C)ccc4o3)cc(C(=O)O)c2c1. The number of carboxylic acids is 1. The molecule has 0 aliphatic rings. The first-order valence-corrected chi connectivity index (χ1v) is 7.78. The number of hydrogen-bond acceptors (Lipinski definition) is 4. The molecule has 25 heavy (non-hydrogen) atoms. The molecular weight excluding hydrogens is 318 g/mol. The summed E-state index contributed by atoms with van der Waals surface area (Å²) >= 11 is 0. The quantitative estimate of drug-likeness (QED) is 0.590. The lowest BCUT2D eigenvalue weighted by Gasteiger charge is -2.07. The summed E-state index contributed by atoms with van der Waals surface area (Å²) in [7, 11) is 1.54. The van der Waals surface area contributed by atoms with Crippen LogP contribution in [0.5, 0.6) is 5.75 Å². The molecule has 0 saturated carbocycles. The van der Waals surface area contributed by atoms with Gasteiger partial charge >= 0.3 is 5.97 Å². The van der Waals surface area contributed by atoms with Crippen molar-refractivity contribution in [3.63, 3.8) is 0 Å². The predicted molar refractivity (Wildman–Crippen MR) is 95.2 cm³/mol. The van der Waals surface area contributed by atoms with Crippen LogP contribution in [-0.2, 0) is 0 Å². The highest BCUT2D eigenvalue weighted by atomic mass is 16.5. The minimum atomic E-state index is -1.02. The van der Waals surface area contributed by atoms with Crippen LogP contribution < -0.4 is 4.74 Å². The van der Waals surface area contributed by atoms with E-state index in [2.05, 4.69) is 4.98 Å². The molecule has 5 nitrogen and oxygen atoms in total. The van der Waals surface area contributed by atoms with Crippen LogP contribution in [0.3, 0.4) is 0 Å². The number of aromatic nitrogens is 1. The van der Waals surface area contributed by atoms with E-state index in [0.717, 1.165) is 16.5 Å². The molecule has 5 heteroatoms. The van der Waals surface area contributed by atoms with E-state index >= 15 is 0 Å². The number of fused-ring (bicyclic) bond motifs is 2.